The van der Waals surface area contributed by atoms with Gasteiger partial charge < -0.3 is 5.32 Å². The number of nitrogens with zero attached hydrogens (tertiary/aromatic N) is 2. The number of rotatable bonds is 9. The maximum absolute atomic E-state index is 12.8. The highest BCUT2D eigenvalue weighted by atomic mass is 79.9. The molecule has 0 radical (unpaired) electrons. The second-order valence-electron chi connectivity index (χ2n) is 8.29. The van der Waals surface area contributed by atoms with Crippen molar-refractivity contribution in [3.05, 3.63) is 77.9 Å². The number of amides is 1. The minimum atomic E-state index is -0.342. The van der Waals surface area contributed by atoms with Crippen molar-refractivity contribution in [1.82, 2.24) is 14.5 Å². The predicted octanol–water partition coefficient (Wildman–Crippen LogP) is 4.19. The van der Waals surface area contributed by atoms with Crippen LogP contribution in [0.25, 0.3) is 10.9 Å². The highest BCUT2D eigenvalue weighted by Gasteiger charge is 2.15. The Balaban J connectivity index is 1.66. The number of halogens is 2. The Morgan fingerprint density at radius 2 is 1.76 bits per heavy atom. The molecule has 1 amide bonds. The monoisotopic (exact) mass is 547 g/mol. The fourth-order valence-corrected chi connectivity index (χ4v) is 4.36. The Morgan fingerprint density at radius 1 is 1.06 bits per heavy atom. The predicted molar refractivity (Wildman–Crippen MR) is 138 cm³/mol. The third kappa shape index (κ3) is 5.67. The van der Waals surface area contributed by atoms with E-state index in [1.54, 1.807) is 47.9 Å². The molecule has 34 heavy (non-hydrogen) atoms. The third-order valence-electron chi connectivity index (χ3n) is 5.69. The first-order valence-corrected chi connectivity index (χ1v) is 12.3. The summed E-state index contributed by atoms with van der Waals surface area (Å²) in [4.78, 5) is 50.3. The zero-order valence-electron chi connectivity index (χ0n) is 19.4. The molecular weight excluding hydrogens is 522 g/mol. The smallest absolute Gasteiger partial charge is 0.331 e. The van der Waals surface area contributed by atoms with E-state index in [-0.39, 0.29) is 48.2 Å². The molecular formula is C25H27BrClN3O4. The van der Waals surface area contributed by atoms with Gasteiger partial charge in [0.25, 0.3) is 11.5 Å². The minimum Gasteiger partial charge on any atom is -0.352 e. The van der Waals surface area contributed by atoms with E-state index in [0.29, 0.717) is 39.1 Å². The van der Waals surface area contributed by atoms with Crippen LogP contribution >= 0.6 is 27.5 Å². The highest BCUT2D eigenvalue weighted by molar-refractivity contribution is 9.10. The number of nitrogens with one attached hydrogen (secondary N) is 1. The summed E-state index contributed by atoms with van der Waals surface area (Å²) in [5.41, 5.74) is 1.08. The van der Waals surface area contributed by atoms with Crippen LogP contribution in [0, 0.1) is 5.92 Å². The van der Waals surface area contributed by atoms with Crippen LogP contribution < -0.4 is 16.6 Å². The average Bonchev–Trinajstić information content (AvgIpc) is 2.80. The van der Waals surface area contributed by atoms with E-state index < -0.39 is 0 Å². The zero-order chi connectivity index (χ0) is 25.0. The second-order valence-corrected chi connectivity index (χ2v) is 9.55. The fraction of sp³-hybridized carbons (Fsp3) is 0.360. The number of carbonyl (C=O) groups is 2. The molecule has 1 N–H and O–H groups in total. The van der Waals surface area contributed by atoms with Crippen LogP contribution in [0.3, 0.4) is 0 Å². The van der Waals surface area contributed by atoms with Crippen LogP contribution in [-0.2, 0) is 24.3 Å². The topological polar surface area (TPSA) is 90.2 Å². The molecule has 0 saturated carbocycles. The lowest BCUT2D eigenvalue weighted by Gasteiger charge is -2.14. The first kappa shape index (κ1) is 25.9. The summed E-state index contributed by atoms with van der Waals surface area (Å²) in [6.07, 6.45) is 0.459. The number of Topliss-reactive ketones (excluding diaryl/α,β-unsaturated/α-hetero) is 1. The van der Waals surface area contributed by atoms with Gasteiger partial charge in [-0.1, -0.05) is 24.6 Å². The van der Waals surface area contributed by atoms with Crippen molar-refractivity contribution in [2.24, 2.45) is 5.92 Å². The average molecular weight is 549 g/mol. The van der Waals surface area contributed by atoms with Crippen molar-refractivity contribution in [2.45, 2.75) is 46.7 Å². The summed E-state index contributed by atoms with van der Waals surface area (Å²) in [5, 5.41) is 3.72. The van der Waals surface area contributed by atoms with Crippen LogP contribution in [0.1, 0.15) is 43.1 Å². The van der Waals surface area contributed by atoms with Gasteiger partial charge in [-0.25, -0.2) is 4.79 Å². The summed E-state index contributed by atoms with van der Waals surface area (Å²) in [6, 6.07) is 10.2. The van der Waals surface area contributed by atoms with Crippen molar-refractivity contribution >= 4 is 50.1 Å². The number of benzene rings is 2. The molecule has 2 aromatic carbocycles. The van der Waals surface area contributed by atoms with Crippen LogP contribution in [0.2, 0.25) is 5.02 Å². The van der Waals surface area contributed by atoms with Crippen LogP contribution in [-0.4, -0.2) is 27.4 Å². The Labute approximate surface area is 210 Å². The molecule has 180 valence electrons. The molecule has 1 unspecified atom stereocenters. The van der Waals surface area contributed by atoms with Gasteiger partial charge in [0.15, 0.2) is 0 Å². The summed E-state index contributed by atoms with van der Waals surface area (Å²) < 4.78 is 3.49. The van der Waals surface area contributed by atoms with E-state index in [9.17, 15) is 19.2 Å². The van der Waals surface area contributed by atoms with Crippen molar-refractivity contribution in [2.75, 3.05) is 6.54 Å². The molecule has 0 fully saturated rings. The molecule has 0 aliphatic carbocycles. The molecule has 1 aromatic heterocycles. The van der Waals surface area contributed by atoms with E-state index in [1.165, 1.54) is 4.57 Å². The molecule has 7 nitrogen and oxygen atoms in total. The molecule has 1 heterocycles. The quantitative estimate of drug-likeness (QED) is 0.434. The third-order valence-corrected chi connectivity index (χ3v) is 6.92. The number of aromatic nitrogens is 2. The van der Waals surface area contributed by atoms with E-state index in [4.69, 9.17) is 11.6 Å². The molecule has 1 atom stereocenters. The SMILES string of the molecule is CCn1c(=O)c2cc(CC(=O)CC(C)CNC(=O)c3ccc(Br)c(Cl)c3)ccc2n(CC)c1=O. The summed E-state index contributed by atoms with van der Waals surface area (Å²) in [6.45, 7) is 6.59. The first-order chi connectivity index (χ1) is 16.2. The lowest BCUT2D eigenvalue weighted by atomic mass is 9.99. The lowest BCUT2D eigenvalue weighted by Crippen LogP contribution is -2.39. The molecule has 0 spiro atoms. The number of hydrogen-bond acceptors (Lipinski definition) is 4. The van der Waals surface area contributed by atoms with E-state index in [2.05, 4.69) is 21.2 Å². The summed E-state index contributed by atoms with van der Waals surface area (Å²) >= 11 is 9.34. The van der Waals surface area contributed by atoms with Gasteiger partial charge in [-0.2, -0.15) is 0 Å². The number of ketones is 1. The van der Waals surface area contributed by atoms with Gasteiger partial charge in [-0.3, -0.25) is 23.5 Å². The van der Waals surface area contributed by atoms with Gasteiger partial charge in [0.05, 0.1) is 15.9 Å². The summed E-state index contributed by atoms with van der Waals surface area (Å²) in [5.74, 6) is -0.310. The van der Waals surface area contributed by atoms with Gasteiger partial charge in [0, 0.05) is 42.5 Å². The summed E-state index contributed by atoms with van der Waals surface area (Å²) in [7, 11) is 0. The van der Waals surface area contributed by atoms with Crippen molar-refractivity contribution in [3.63, 3.8) is 0 Å². The van der Waals surface area contributed by atoms with Gasteiger partial charge in [-0.15, -0.1) is 0 Å². The highest BCUT2D eigenvalue weighted by Crippen LogP contribution is 2.23. The molecule has 0 saturated heterocycles. The maximum atomic E-state index is 12.8. The Morgan fingerprint density at radius 3 is 2.41 bits per heavy atom. The van der Waals surface area contributed by atoms with Gasteiger partial charge in [0.2, 0.25) is 0 Å². The number of aryl methyl sites for hydroxylation is 1. The number of carbonyl (C=O) groups excluding carboxylic acids is 2. The standard InChI is InChI=1S/C25H27BrClN3O4/c1-4-29-22-9-6-16(12-19(22)24(33)30(5-2)25(29)34)11-18(31)10-15(3)14-28-23(32)17-7-8-20(26)21(27)13-17/h6-9,12-13,15H,4-5,10-11,14H2,1-3H3,(H,28,32). The largest absolute Gasteiger partial charge is 0.352 e. The molecule has 3 aromatic rings. The molecule has 3 rings (SSSR count). The lowest BCUT2D eigenvalue weighted by molar-refractivity contribution is -0.119. The van der Waals surface area contributed by atoms with Crippen molar-refractivity contribution in [1.29, 1.82) is 0 Å². The fourth-order valence-electron chi connectivity index (χ4n) is 3.93. The molecule has 0 bridgehead atoms. The Hall–Kier alpha value is -2.71. The second kappa shape index (κ2) is 11.1. The number of fused-ring (bicyclic) bond motifs is 1. The molecule has 0 aliphatic heterocycles. The van der Waals surface area contributed by atoms with Crippen LogP contribution in [0.15, 0.2) is 50.5 Å². The van der Waals surface area contributed by atoms with Gasteiger partial charge in [0.1, 0.15) is 5.78 Å². The van der Waals surface area contributed by atoms with E-state index >= 15 is 0 Å². The maximum Gasteiger partial charge on any atom is 0.331 e. The number of hydrogen-bond donors (Lipinski definition) is 1. The zero-order valence-corrected chi connectivity index (χ0v) is 21.7. The first-order valence-electron chi connectivity index (χ1n) is 11.2. The Bertz CT molecular complexity index is 1360. The Kier molecular flexibility index (Phi) is 8.49. The van der Waals surface area contributed by atoms with E-state index in [1.807, 2.05) is 13.8 Å². The van der Waals surface area contributed by atoms with Crippen LogP contribution in [0.4, 0.5) is 0 Å². The minimum absolute atomic E-state index is 0.00687. The van der Waals surface area contributed by atoms with Crippen molar-refractivity contribution < 1.29 is 9.59 Å². The van der Waals surface area contributed by atoms with Gasteiger partial charge in [-0.05, 0) is 71.6 Å². The molecule has 9 heteroatoms. The van der Waals surface area contributed by atoms with Gasteiger partial charge >= 0.3 is 5.69 Å². The van der Waals surface area contributed by atoms with E-state index in [0.717, 1.165) is 5.56 Å². The van der Waals surface area contributed by atoms with Crippen molar-refractivity contribution in [3.8, 4) is 0 Å². The normalized spacial score (nSPS) is 12.0. The van der Waals surface area contributed by atoms with Crippen LogP contribution in [0.5, 0.6) is 0 Å². The molecule has 0 aliphatic rings.